The number of benzene rings is 2. The van der Waals surface area contributed by atoms with Crippen LogP contribution in [-0.4, -0.2) is 39.9 Å². The van der Waals surface area contributed by atoms with Crippen LogP contribution in [-0.2, 0) is 0 Å². The minimum absolute atomic E-state index is 0.203. The summed E-state index contributed by atoms with van der Waals surface area (Å²) >= 11 is 0. The molecule has 0 aromatic heterocycles. The second kappa shape index (κ2) is 10.3. The van der Waals surface area contributed by atoms with Crippen molar-refractivity contribution in [1.82, 2.24) is 5.32 Å². The summed E-state index contributed by atoms with van der Waals surface area (Å²) in [5, 5.41) is 6.38. The van der Waals surface area contributed by atoms with Gasteiger partial charge in [0.2, 0.25) is 0 Å². The average molecular weight is 375 g/mol. The van der Waals surface area contributed by atoms with E-state index in [1.807, 2.05) is 25.1 Å². The molecular formula is C20H26FN3O3. The second-order valence-corrected chi connectivity index (χ2v) is 5.73. The fraction of sp³-hybridized carbons (Fsp3) is 0.350. The zero-order chi connectivity index (χ0) is 19.6. The van der Waals surface area contributed by atoms with Gasteiger partial charge in [-0.3, -0.25) is 4.99 Å². The molecule has 0 aliphatic rings. The van der Waals surface area contributed by atoms with E-state index in [4.69, 9.17) is 14.2 Å². The quantitative estimate of drug-likeness (QED) is 0.544. The van der Waals surface area contributed by atoms with Crippen LogP contribution in [0.4, 0.5) is 10.1 Å². The molecule has 0 saturated heterocycles. The lowest BCUT2D eigenvalue weighted by Gasteiger charge is -2.20. The Morgan fingerprint density at radius 2 is 1.81 bits per heavy atom. The van der Waals surface area contributed by atoms with E-state index in [2.05, 4.69) is 15.6 Å². The van der Waals surface area contributed by atoms with Crippen molar-refractivity contribution in [2.45, 2.75) is 19.4 Å². The molecule has 0 saturated carbocycles. The van der Waals surface area contributed by atoms with Crippen molar-refractivity contribution in [2.24, 2.45) is 4.99 Å². The third-order valence-corrected chi connectivity index (χ3v) is 3.95. The molecule has 0 spiro atoms. The Kier molecular flexibility index (Phi) is 7.73. The minimum atomic E-state index is -0.371. The van der Waals surface area contributed by atoms with Crippen LogP contribution in [0, 0.1) is 5.82 Å². The van der Waals surface area contributed by atoms with Gasteiger partial charge in [0.1, 0.15) is 6.10 Å². The van der Waals surface area contributed by atoms with Gasteiger partial charge in [-0.05, 0) is 30.7 Å². The van der Waals surface area contributed by atoms with Crippen molar-refractivity contribution in [2.75, 3.05) is 33.1 Å². The highest BCUT2D eigenvalue weighted by Gasteiger charge is 2.12. The molecule has 2 rings (SSSR count). The minimum Gasteiger partial charge on any atom is -0.493 e. The number of hydrogen-bond acceptors (Lipinski definition) is 4. The number of halogens is 1. The lowest BCUT2D eigenvalue weighted by Crippen LogP contribution is -2.38. The fourth-order valence-corrected chi connectivity index (χ4v) is 2.43. The lowest BCUT2D eigenvalue weighted by atomic mass is 10.2. The highest BCUT2D eigenvalue weighted by molar-refractivity contribution is 5.93. The number of guanidine groups is 1. The van der Waals surface area contributed by atoms with E-state index in [0.29, 0.717) is 30.4 Å². The lowest BCUT2D eigenvalue weighted by molar-refractivity contribution is 0.191. The van der Waals surface area contributed by atoms with Gasteiger partial charge < -0.3 is 24.8 Å². The van der Waals surface area contributed by atoms with Crippen LogP contribution >= 0.6 is 0 Å². The number of ether oxygens (including phenoxy) is 3. The number of nitrogens with zero attached hydrogens (tertiary/aromatic N) is 1. The Labute approximate surface area is 159 Å². The van der Waals surface area contributed by atoms with Crippen LogP contribution in [0.2, 0.25) is 0 Å². The summed E-state index contributed by atoms with van der Waals surface area (Å²) in [4.78, 5) is 4.20. The van der Waals surface area contributed by atoms with Crippen molar-refractivity contribution < 1.29 is 18.6 Å². The van der Waals surface area contributed by atoms with Crippen molar-refractivity contribution in [3.8, 4) is 17.2 Å². The van der Waals surface area contributed by atoms with E-state index in [9.17, 15) is 4.39 Å². The maximum atomic E-state index is 13.8. The van der Waals surface area contributed by atoms with Crippen LogP contribution in [0.1, 0.15) is 13.3 Å². The monoisotopic (exact) mass is 375 g/mol. The summed E-state index contributed by atoms with van der Waals surface area (Å²) in [7, 11) is 4.85. The van der Waals surface area contributed by atoms with Gasteiger partial charge in [-0.15, -0.1) is 0 Å². The van der Waals surface area contributed by atoms with Crippen LogP contribution in [0.3, 0.4) is 0 Å². The van der Waals surface area contributed by atoms with Gasteiger partial charge in [0, 0.05) is 18.8 Å². The number of para-hydroxylation sites is 1. The van der Waals surface area contributed by atoms with E-state index in [1.165, 1.54) is 6.07 Å². The average Bonchev–Trinajstić information content (AvgIpc) is 2.71. The van der Waals surface area contributed by atoms with Crippen LogP contribution in [0.25, 0.3) is 0 Å². The van der Waals surface area contributed by atoms with E-state index >= 15 is 0 Å². The van der Waals surface area contributed by atoms with Gasteiger partial charge in [-0.25, -0.2) is 4.39 Å². The number of aliphatic imine (C=N–C) groups is 1. The Morgan fingerprint density at radius 3 is 2.44 bits per heavy atom. The van der Waals surface area contributed by atoms with Crippen LogP contribution < -0.4 is 24.8 Å². The Bertz CT molecular complexity index is 768. The first-order valence-electron chi connectivity index (χ1n) is 8.72. The Morgan fingerprint density at radius 1 is 1.07 bits per heavy atom. The fourth-order valence-electron chi connectivity index (χ4n) is 2.43. The zero-order valence-corrected chi connectivity index (χ0v) is 16.1. The molecule has 2 aromatic carbocycles. The summed E-state index contributed by atoms with van der Waals surface area (Å²) in [6.45, 7) is 2.45. The number of hydrogen-bond donors (Lipinski definition) is 2. The summed E-state index contributed by atoms with van der Waals surface area (Å²) < 4.78 is 30.1. The van der Waals surface area contributed by atoms with E-state index < -0.39 is 0 Å². The summed E-state index contributed by atoms with van der Waals surface area (Å²) in [6, 6.07) is 11.9. The molecule has 1 unspecified atom stereocenters. The summed E-state index contributed by atoms with van der Waals surface area (Å²) in [5.41, 5.74) is 0.795. The molecule has 6 nitrogen and oxygen atoms in total. The molecule has 0 fully saturated rings. The second-order valence-electron chi connectivity index (χ2n) is 5.73. The Balaban J connectivity index is 1.97. The number of anilines is 1. The molecule has 0 radical (unpaired) electrons. The highest BCUT2D eigenvalue weighted by atomic mass is 19.1. The van der Waals surface area contributed by atoms with Gasteiger partial charge >= 0.3 is 0 Å². The molecule has 2 aromatic rings. The molecule has 0 heterocycles. The van der Waals surface area contributed by atoms with E-state index in [0.717, 1.165) is 5.69 Å². The standard InChI is InChI=1S/C20H26FN3O3/c1-5-15(27-17-9-7-6-8-16(17)21)13-23-20(22-2)24-14-10-11-18(25-3)19(12-14)26-4/h6-12,15H,5,13H2,1-4H3,(H2,22,23,24). The molecule has 0 aliphatic carbocycles. The number of rotatable bonds is 8. The van der Waals surface area contributed by atoms with Crippen LogP contribution in [0.5, 0.6) is 17.2 Å². The predicted octanol–water partition coefficient (Wildman–Crippen LogP) is 3.69. The molecule has 0 aliphatic heterocycles. The summed E-state index contributed by atoms with van der Waals surface area (Å²) in [5.74, 6) is 1.71. The smallest absolute Gasteiger partial charge is 0.195 e. The molecule has 0 amide bonds. The van der Waals surface area contributed by atoms with Gasteiger partial charge in [0.25, 0.3) is 0 Å². The van der Waals surface area contributed by atoms with Crippen molar-refractivity contribution in [3.63, 3.8) is 0 Å². The highest BCUT2D eigenvalue weighted by Crippen LogP contribution is 2.29. The predicted molar refractivity (Wildman–Crippen MR) is 106 cm³/mol. The Hall–Kier alpha value is -2.96. The molecular weight excluding hydrogens is 349 g/mol. The van der Waals surface area contributed by atoms with Crippen LogP contribution in [0.15, 0.2) is 47.5 Å². The third-order valence-electron chi connectivity index (χ3n) is 3.95. The molecule has 1 atom stereocenters. The third kappa shape index (κ3) is 5.77. The number of methoxy groups -OCH3 is 2. The molecule has 146 valence electrons. The van der Waals surface area contributed by atoms with Gasteiger partial charge in [-0.1, -0.05) is 19.1 Å². The molecule has 0 bridgehead atoms. The first-order chi connectivity index (χ1) is 13.1. The SMILES string of the molecule is CCC(CNC(=NC)Nc1ccc(OC)c(OC)c1)Oc1ccccc1F. The molecule has 2 N–H and O–H groups in total. The largest absolute Gasteiger partial charge is 0.493 e. The first kappa shape index (κ1) is 20.4. The van der Waals surface area contributed by atoms with Crippen molar-refractivity contribution in [1.29, 1.82) is 0 Å². The molecule has 7 heteroatoms. The molecule has 27 heavy (non-hydrogen) atoms. The van der Waals surface area contributed by atoms with Gasteiger partial charge in [-0.2, -0.15) is 0 Å². The normalized spacial score (nSPS) is 12.3. The van der Waals surface area contributed by atoms with Gasteiger partial charge in [0.15, 0.2) is 29.0 Å². The first-order valence-corrected chi connectivity index (χ1v) is 8.72. The van der Waals surface area contributed by atoms with Crippen molar-refractivity contribution >= 4 is 11.6 Å². The maximum absolute atomic E-state index is 13.8. The van der Waals surface area contributed by atoms with Gasteiger partial charge in [0.05, 0.1) is 20.8 Å². The maximum Gasteiger partial charge on any atom is 0.195 e. The van der Waals surface area contributed by atoms with Crippen molar-refractivity contribution in [3.05, 3.63) is 48.3 Å². The van der Waals surface area contributed by atoms with E-state index in [-0.39, 0.29) is 17.7 Å². The van der Waals surface area contributed by atoms with E-state index in [1.54, 1.807) is 39.5 Å². The summed E-state index contributed by atoms with van der Waals surface area (Å²) in [6.07, 6.45) is 0.514. The zero-order valence-electron chi connectivity index (χ0n) is 16.1. The topological polar surface area (TPSA) is 64.1 Å². The number of nitrogens with one attached hydrogen (secondary N) is 2.